The average Bonchev–Trinajstić information content (AvgIpc) is 3.12. The maximum atomic E-state index is 16.1. The van der Waals surface area contributed by atoms with Crippen LogP contribution >= 0.6 is 0 Å². The van der Waals surface area contributed by atoms with E-state index in [4.69, 9.17) is 24.7 Å². The number of carbonyl (C=O) groups is 6. The van der Waals surface area contributed by atoms with E-state index in [-0.39, 0.29) is 48.9 Å². The van der Waals surface area contributed by atoms with Crippen molar-refractivity contribution in [1.82, 2.24) is 9.97 Å². The predicted molar refractivity (Wildman–Crippen MR) is 189 cm³/mol. The Morgan fingerprint density at radius 3 is 1.55 bits per heavy atom. The summed E-state index contributed by atoms with van der Waals surface area (Å²) in [6, 6.07) is 8.04. The van der Waals surface area contributed by atoms with Crippen LogP contribution in [0.2, 0.25) is 0 Å². The van der Waals surface area contributed by atoms with Gasteiger partial charge in [-0.15, -0.1) is 0 Å². The number of nitrogen functional groups attached to an aromatic ring is 1. The first-order valence-corrected chi connectivity index (χ1v) is 16.5. The highest BCUT2D eigenvalue weighted by Gasteiger charge is 2.42. The molecule has 0 saturated heterocycles. The van der Waals surface area contributed by atoms with Gasteiger partial charge in [-0.05, 0) is 39.8 Å². The molecular formula is C36H39FN6O10. The normalized spacial score (nSPS) is 12.2. The highest BCUT2D eigenvalue weighted by Crippen LogP contribution is 2.43. The van der Waals surface area contributed by atoms with Crippen LogP contribution in [0.25, 0.3) is 0 Å². The summed E-state index contributed by atoms with van der Waals surface area (Å²) in [5.74, 6) is -7.77. The number of halogens is 1. The minimum absolute atomic E-state index is 0.0274. The molecule has 2 N–H and O–H groups in total. The molecule has 3 aromatic rings. The van der Waals surface area contributed by atoms with Gasteiger partial charge in [-0.1, -0.05) is 36.4 Å². The number of anilines is 2. The molecule has 0 saturated carbocycles. The summed E-state index contributed by atoms with van der Waals surface area (Å²) >= 11 is 0. The Kier molecular flexibility index (Phi) is 15.8. The second-order valence-electron chi connectivity index (χ2n) is 10.6. The smallest absolute Gasteiger partial charge is 0.349 e. The molecule has 0 spiro atoms. The van der Waals surface area contributed by atoms with Crippen LogP contribution in [-0.2, 0) is 47.7 Å². The number of ketones is 2. The van der Waals surface area contributed by atoms with Crippen molar-refractivity contribution in [3.05, 3.63) is 71.7 Å². The monoisotopic (exact) mass is 734 g/mol. The number of aromatic nitrogens is 2. The van der Waals surface area contributed by atoms with Crippen molar-refractivity contribution in [3.63, 3.8) is 0 Å². The Morgan fingerprint density at radius 1 is 0.717 bits per heavy atom. The molecule has 0 fully saturated rings. The van der Waals surface area contributed by atoms with Crippen molar-refractivity contribution < 1.29 is 52.1 Å². The van der Waals surface area contributed by atoms with Gasteiger partial charge in [0.1, 0.15) is 37.4 Å². The molecule has 280 valence electrons. The largest absolute Gasteiger partial charge is 0.466 e. The number of nitrogens with two attached hydrogens (primary N) is 1. The number of hydrogen-bond donors (Lipinski definition) is 1. The Hall–Kier alpha value is -6.39. The lowest BCUT2D eigenvalue weighted by atomic mass is 9.90. The standard InChI is InChI=1S/C36H39FN6O10/c1-5-50-29(46)17-27(44)33(22-13-9-11-15-25(22)39-20-31(48)52-7-3)43(35-24(37)19-41-36(38)42-35)34(28(45)18-30(47)51-6-2)23-14-10-12-16-26(23)40-21-32(49)53-8-4/h9-16,19-21,33-34H,5-8,17-18H2,1-4H3,(H2,38,41,42). The van der Waals surface area contributed by atoms with Crippen LogP contribution in [0.5, 0.6) is 0 Å². The molecule has 0 amide bonds. The summed E-state index contributed by atoms with van der Waals surface area (Å²) in [7, 11) is 0. The number of esters is 4. The molecule has 1 heterocycles. The van der Waals surface area contributed by atoms with Crippen LogP contribution in [-0.4, -0.2) is 84.3 Å². The van der Waals surface area contributed by atoms with Crippen molar-refractivity contribution in [2.24, 2.45) is 9.98 Å². The minimum Gasteiger partial charge on any atom is -0.466 e. The first-order chi connectivity index (χ1) is 25.4. The second kappa shape index (κ2) is 20.5. The van der Waals surface area contributed by atoms with E-state index in [1.54, 1.807) is 13.8 Å². The van der Waals surface area contributed by atoms with Gasteiger partial charge >= 0.3 is 23.9 Å². The number of ether oxygens (including phenoxy) is 4. The number of rotatable bonds is 19. The third-order valence-electron chi connectivity index (χ3n) is 7.06. The number of benzene rings is 2. The first kappa shape index (κ1) is 41.0. The lowest BCUT2D eigenvalue weighted by molar-refractivity contribution is -0.146. The Morgan fingerprint density at radius 2 is 1.13 bits per heavy atom. The lowest BCUT2D eigenvalue weighted by Crippen LogP contribution is -2.43. The summed E-state index contributed by atoms with van der Waals surface area (Å²) in [5, 5.41) is 0. The lowest BCUT2D eigenvalue weighted by Gasteiger charge is -2.38. The maximum absolute atomic E-state index is 16.1. The molecule has 3 rings (SSSR count). The van der Waals surface area contributed by atoms with E-state index < -0.39 is 78.0 Å². The highest BCUT2D eigenvalue weighted by atomic mass is 19.1. The van der Waals surface area contributed by atoms with E-state index >= 15 is 4.39 Å². The number of hydrogen-bond acceptors (Lipinski definition) is 16. The molecule has 1 aromatic heterocycles. The van der Waals surface area contributed by atoms with Crippen molar-refractivity contribution >= 4 is 71.0 Å². The third kappa shape index (κ3) is 11.6. The van der Waals surface area contributed by atoms with Crippen LogP contribution in [0.15, 0.2) is 64.7 Å². The number of Topliss-reactive ketones (excluding diaryl/α,β-unsaturated/α-hetero) is 2. The van der Waals surface area contributed by atoms with E-state index in [1.165, 1.54) is 62.4 Å². The Balaban J connectivity index is 2.51. The van der Waals surface area contributed by atoms with Gasteiger partial charge in [-0.25, -0.2) is 28.9 Å². The SMILES string of the molecule is CCOC(=O)C=Nc1ccccc1C(C(=O)CC(=O)OCC)N(c1nc(N)ncc1F)C(C(=O)CC(=O)OCC)c1ccccc1N=CC(=O)OCC. The fraction of sp³-hybridized carbons (Fsp3) is 0.333. The highest BCUT2D eigenvalue weighted by molar-refractivity contribution is 6.24. The molecule has 53 heavy (non-hydrogen) atoms. The maximum Gasteiger partial charge on any atom is 0.349 e. The van der Waals surface area contributed by atoms with Crippen LogP contribution in [0.4, 0.5) is 27.5 Å². The quantitative estimate of drug-likeness (QED) is 0.0795. The minimum atomic E-state index is -1.84. The number of aliphatic imine (C=N–C) groups is 2. The van der Waals surface area contributed by atoms with E-state index in [0.29, 0.717) is 6.20 Å². The molecular weight excluding hydrogens is 695 g/mol. The second-order valence-corrected chi connectivity index (χ2v) is 10.6. The molecule has 16 nitrogen and oxygen atoms in total. The number of para-hydroxylation sites is 2. The number of nitrogens with zero attached hydrogens (tertiary/aromatic N) is 5. The van der Waals surface area contributed by atoms with Crippen LogP contribution in [0.1, 0.15) is 63.7 Å². The van der Waals surface area contributed by atoms with E-state index in [0.717, 1.165) is 17.3 Å². The van der Waals surface area contributed by atoms with Crippen LogP contribution in [0, 0.1) is 5.82 Å². The zero-order chi connectivity index (χ0) is 38.9. The zero-order valence-electron chi connectivity index (χ0n) is 29.5. The van der Waals surface area contributed by atoms with Crippen molar-refractivity contribution in [2.75, 3.05) is 37.1 Å². The van der Waals surface area contributed by atoms with Crippen molar-refractivity contribution in [1.29, 1.82) is 0 Å². The third-order valence-corrected chi connectivity index (χ3v) is 7.06. The fourth-order valence-electron chi connectivity index (χ4n) is 5.08. The molecule has 2 unspecified atom stereocenters. The molecule has 2 aromatic carbocycles. The van der Waals surface area contributed by atoms with Gasteiger partial charge in [0.2, 0.25) is 5.95 Å². The van der Waals surface area contributed by atoms with Gasteiger partial charge in [-0.2, -0.15) is 4.98 Å². The molecule has 0 bridgehead atoms. The van der Waals surface area contributed by atoms with Gasteiger partial charge in [0.15, 0.2) is 23.2 Å². The van der Waals surface area contributed by atoms with E-state index in [1.807, 2.05) is 0 Å². The Labute approximate surface area is 304 Å². The summed E-state index contributed by atoms with van der Waals surface area (Å²) in [6.45, 7) is 6.16. The van der Waals surface area contributed by atoms with E-state index in [2.05, 4.69) is 20.0 Å². The van der Waals surface area contributed by atoms with Gasteiger partial charge in [0, 0.05) is 11.1 Å². The van der Waals surface area contributed by atoms with Gasteiger partial charge < -0.3 is 29.6 Å². The van der Waals surface area contributed by atoms with Crippen molar-refractivity contribution in [3.8, 4) is 0 Å². The molecule has 17 heteroatoms. The van der Waals surface area contributed by atoms with E-state index in [9.17, 15) is 28.8 Å². The van der Waals surface area contributed by atoms with Crippen molar-refractivity contribution in [2.45, 2.75) is 52.6 Å². The van der Waals surface area contributed by atoms with Gasteiger partial charge in [0.05, 0.1) is 44.0 Å². The predicted octanol–water partition coefficient (Wildman–Crippen LogP) is 4.06. The molecule has 0 aliphatic heterocycles. The average molecular weight is 735 g/mol. The Bertz CT molecular complexity index is 1760. The topological polar surface area (TPSA) is 219 Å². The zero-order valence-corrected chi connectivity index (χ0v) is 29.5. The van der Waals surface area contributed by atoms with Gasteiger partial charge in [-0.3, -0.25) is 19.2 Å². The molecule has 0 aliphatic carbocycles. The molecule has 2 atom stereocenters. The van der Waals surface area contributed by atoms with Crippen LogP contribution < -0.4 is 10.6 Å². The first-order valence-electron chi connectivity index (χ1n) is 16.5. The summed E-state index contributed by atoms with van der Waals surface area (Å²) < 4.78 is 36.1. The molecule has 0 radical (unpaired) electrons. The molecule has 0 aliphatic rings. The summed E-state index contributed by atoms with van der Waals surface area (Å²) in [6.07, 6.45) is 0.625. The van der Waals surface area contributed by atoms with Crippen LogP contribution in [0.3, 0.4) is 0 Å². The van der Waals surface area contributed by atoms with Gasteiger partial charge in [0.25, 0.3) is 0 Å². The summed E-state index contributed by atoms with van der Waals surface area (Å²) in [4.78, 5) is 96.4. The number of carbonyl (C=O) groups excluding carboxylic acids is 6. The summed E-state index contributed by atoms with van der Waals surface area (Å²) in [5.41, 5.74) is 5.79. The fourth-order valence-corrected chi connectivity index (χ4v) is 5.08.